The van der Waals surface area contributed by atoms with Crippen molar-refractivity contribution >= 4 is 11.8 Å². The summed E-state index contributed by atoms with van der Waals surface area (Å²) >= 11 is 1.64. The molecule has 1 aromatic carbocycles. The zero-order valence-electron chi connectivity index (χ0n) is 8.83. The van der Waals surface area contributed by atoms with Crippen LogP contribution in [0.2, 0.25) is 0 Å². The molecule has 1 fully saturated rings. The van der Waals surface area contributed by atoms with Crippen molar-refractivity contribution in [2.75, 3.05) is 5.75 Å². The van der Waals surface area contributed by atoms with Crippen molar-refractivity contribution in [1.82, 2.24) is 0 Å². The molecule has 0 radical (unpaired) electrons. The molecule has 1 aromatic rings. The standard InChI is InChI=1S/C12H14F2OS/c13-9-5-3-4-8(11(9)14)12(15)10-6-1-2-7-16-10/h3-5,10,12,15H,1-2,6-7H2. The second kappa shape index (κ2) is 5.15. The quantitative estimate of drug-likeness (QED) is 0.861. The van der Waals surface area contributed by atoms with Gasteiger partial charge in [0.25, 0.3) is 0 Å². The van der Waals surface area contributed by atoms with Gasteiger partial charge >= 0.3 is 0 Å². The number of hydrogen-bond acceptors (Lipinski definition) is 2. The molecule has 0 aromatic heterocycles. The fraction of sp³-hybridized carbons (Fsp3) is 0.500. The van der Waals surface area contributed by atoms with E-state index in [1.807, 2.05) is 0 Å². The van der Waals surface area contributed by atoms with Crippen LogP contribution >= 0.6 is 11.8 Å². The summed E-state index contributed by atoms with van der Waals surface area (Å²) in [6.45, 7) is 0. The van der Waals surface area contributed by atoms with Gasteiger partial charge in [-0.2, -0.15) is 11.8 Å². The Morgan fingerprint density at radius 2 is 2.12 bits per heavy atom. The largest absolute Gasteiger partial charge is 0.387 e. The summed E-state index contributed by atoms with van der Waals surface area (Å²) in [7, 11) is 0. The number of rotatable bonds is 2. The highest BCUT2D eigenvalue weighted by Gasteiger charge is 2.26. The Morgan fingerprint density at radius 3 is 2.81 bits per heavy atom. The summed E-state index contributed by atoms with van der Waals surface area (Å²) in [5, 5.41) is 10.0. The number of halogens is 2. The third-order valence-corrected chi connectivity index (χ3v) is 4.31. The average Bonchev–Trinajstić information content (AvgIpc) is 2.33. The molecule has 4 heteroatoms. The molecule has 0 saturated carbocycles. The predicted molar refractivity (Wildman–Crippen MR) is 61.4 cm³/mol. The van der Waals surface area contributed by atoms with Crippen LogP contribution < -0.4 is 0 Å². The van der Waals surface area contributed by atoms with Crippen LogP contribution in [-0.4, -0.2) is 16.1 Å². The molecule has 0 bridgehead atoms. The summed E-state index contributed by atoms with van der Waals surface area (Å²) in [6.07, 6.45) is 2.15. The van der Waals surface area contributed by atoms with Crippen LogP contribution in [0.1, 0.15) is 30.9 Å². The second-order valence-corrected chi connectivity index (χ2v) is 5.34. The van der Waals surface area contributed by atoms with Crippen molar-refractivity contribution in [3.8, 4) is 0 Å². The second-order valence-electron chi connectivity index (χ2n) is 3.99. The Bertz CT molecular complexity index is 364. The highest BCUT2D eigenvalue weighted by molar-refractivity contribution is 7.99. The van der Waals surface area contributed by atoms with Crippen LogP contribution in [0.3, 0.4) is 0 Å². The molecular weight excluding hydrogens is 230 g/mol. The topological polar surface area (TPSA) is 20.2 Å². The molecule has 1 N–H and O–H groups in total. The lowest BCUT2D eigenvalue weighted by molar-refractivity contribution is 0.163. The molecule has 1 aliphatic rings. The number of aliphatic hydroxyl groups is 1. The number of thioether (sulfide) groups is 1. The van der Waals surface area contributed by atoms with Gasteiger partial charge in [0.15, 0.2) is 11.6 Å². The molecule has 2 unspecified atom stereocenters. The van der Waals surface area contributed by atoms with E-state index in [0.717, 1.165) is 31.1 Å². The molecule has 1 saturated heterocycles. The summed E-state index contributed by atoms with van der Waals surface area (Å²) < 4.78 is 26.5. The first kappa shape index (κ1) is 11.9. The van der Waals surface area contributed by atoms with Gasteiger partial charge in [-0.15, -0.1) is 0 Å². The van der Waals surface area contributed by atoms with E-state index < -0.39 is 17.7 Å². The molecule has 1 aliphatic heterocycles. The minimum atomic E-state index is -0.916. The van der Waals surface area contributed by atoms with E-state index in [-0.39, 0.29) is 10.8 Å². The monoisotopic (exact) mass is 244 g/mol. The normalized spacial score (nSPS) is 23.1. The first-order valence-corrected chi connectivity index (χ1v) is 6.48. The van der Waals surface area contributed by atoms with Crippen LogP contribution in [0.15, 0.2) is 18.2 Å². The van der Waals surface area contributed by atoms with Crippen molar-refractivity contribution in [1.29, 1.82) is 0 Å². The smallest absolute Gasteiger partial charge is 0.164 e. The summed E-state index contributed by atoms with van der Waals surface area (Å²) in [4.78, 5) is 0. The third-order valence-electron chi connectivity index (χ3n) is 2.87. The van der Waals surface area contributed by atoms with Crippen molar-refractivity contribution in [2.45, 2.75) is 30.6 Å². The molecule has 0 aliphatic carbocycles. The lowest BCUT2D eigenvalue weighted by Crippen LogP contribution is -2.20. The van der Waals surface area contributed by atoms with Crippen molar-refractivity contribution < 1.29 is 13.9 Å². The summed E-state index contributed by atoms with van der Waals surface area (Å²) in [5.74, 6) is -0.822. The molecule has 16 heavy (non-hydrogen) atoms. The maximum absolute atomic E-state index is 13.5. The van der Waals surface area contributed by atoms with Crippen molar-refractivity contribution in [2.24, 2.45) is 0 Å². The van der Waals surface area contributed by atoms with E-state index in [2.05, 4.69) is 0 Å². The molecule has 2 rings (SSSR count). The molecule has 0 spiro atoms. The predicted octanol–water partition coefficient (Wildman–Crippen LogP) is 3.28. The van der Waals surface area contributed by atoms with Crippen molar-refractivity contribution in [3.63, 3.8) is 0 Å². The Kier molecular flexibility index (Phi) is 3.82. The van der Waals surface area contributed by atoms with Gasteiger partial charge in [-0.05, 0) is 24.7 Å². The van der Waals surface area contributed by atoms with Gasteiger partial charge in [0.2, 0.25) is 0 Å². The maximum Gasteiger partial charge on any atom is 0.164 e. The van der Waals surface area contributed by atoms with E-state index in [1.54, 1.807) is 11.8 Å². The molecule has 0 amide bonds. The van der Waals surface area contributed by atoms with Crippen LogP contribution in [0.4, 0.5) is 8.78 Å². The Morgan fingerprint density at radius 1 is 1.31 bits per heavy atom. The fourth-order valence-corrected chi connectivity index (χ4v) is 3.30. The maximum atomic E-state index is 13.5. The van der Waals surface area contributed by atoms with Crippen LogP contribution in [-0.2, 0) is 0 Å². The highest BCUT2D eigenvalue weighted by Crippen LogP contribution is 2.35. The Labute approximate surface area is 97.9 Å². The van der Waals surface area contributed by atoms with E-state index in [9.17, 15) is 13.9 Å². The summed E-state index contributed by atoms with van der Waals surface area (Å²) in [6, 6.07) is 3.96. The Balaban J connectivity index is 2.19. The lowest BCUT2D eigenvalue weighted by atomic mass is 10.0. The van der Waals surface area contributed by atoms with Gasteiger partial charge in [0.05, 0.1) is 6.10 Å². The molecule has 88 valence electrons. The zero-order chi connectivity index (χ0) is 11.5. The molecule has 1 nitrogen and oxygen atoms in total. The first-order chi connectivity index (χ1) is 7.70. The highest BCUT2D eigenvalue weighted by atomic mass is 32.2. The molecule has 1 heterocycles. The van der Waals surface area contributed by atoms with Crippen molar-refractivity contribution in [3.05, 3.63) is 35.4 Å². The van der Waals surface area contributed by atoms with Gasteiger partial charge < -0.3 is 5.11 Å². The molecule has 2 atom stereocenters. The number of benzene rings is 1. The number of aliphatic hydroxyl groups excluding tert-OH is 1. The van der Waals surface area contributed by atoms with Crippen LogP contribution in [0.25, 0.3) is 0 Å². The number of hydrogen-bond donors (Lipinski definition) is 1. The first-order valence-electron chi connectivity index (χ1n) is 5.43. The van der Waals surface area contributed by atoms with E-state index in [4.69, 9.17) is 0 Å². The van der Waals surface area contributed by atoms with Crippen LogP contribution in [0, 0.1) is 11.6 Å². The van der Waals surface area contributed by atoms with E-state index in [0.29, 0.717) is 0 Å². The lowest BCUT2D eigenvalue weighted by Gasteiger charge is -2.26. The van der Waals surface area contributed by atoms with E-state index in [1.165, 1.54) is 12.1 Å². The van der Waals surface area contributed by atoms with Gasteiger partial charge in [0, 0.05) is 10.8 Å². The molecular formula is C12H14F2OS. The fourth-order valence-electron chi connectivity index (χ4n) is 1.96. The SMILES string of the molecule is OC(c1cccc(F)c1F)C1CCCCS1. The minimum Gasteiger partial charge on any atom is -0.387 e. The van der Waals surface area contributed by atoms with Gasteiger partial charge in [0.1, 0.15) is 0 Å². The minimum absolute atomic E-state index is 0.00921. The third kappa shape index (κ3) is 2.38. The van der Waals surface area contributed by atoms with Gasteiger partial charge in [-0.3, -0.25) is 0 Å². The average molecular weight is 244 g/mol. The van der Waals surface area contributed by atoms with E-state index >= 15 is 0 Å². The summed E-state index contributed by atoms with van der Waals surface area (Å²) in [5.41, 5.74) is 0.0828. The van der Waals surface area contributed by atoms with Gasteiger partial charge in [-0.25, -0.2) is 8.78 Å². The van der Waals surface area contributed by atoms with Gasteiger partial charge in [-0.1, -0.05) is 18.6 Å². The van der Waals surface area contributed by atoms with Crippen LogP contribution in [0.5, 0.6) is 0 Å². The Hall–Kier alpha value is -0.610. The zero-order valence-corrected chi connectivity index (χ0v) is 9.64.